The number of hydrogen-bond acceptors (Lipinski definition) is 6. The number of sulfone groups is 1. The largest absolute Gasteiger partial charge is 0.333 e. The molecule has 2 aromatic rings. The van der Waals surface area contributed by atoms with E-state index in [0.29, 0.717) is 0 Å². The average Bonchev–Trinajstić information content (AvgIpc) is 2.59. The topological polar surface area (TPSA) is 127 Å². The van der Waals surface area contributed by atoms with Crippen LogP contribution < -0.4 is 5.32 Å². The smallest absolute Gasteiger partial charge is 0.313 e. The Balaban J connectivity index is 2.16. The molecule has 0 aliphatic rings. The molecule has 10 heteroatoms. The number of hydrogen-bond donors (Lipinski definition) is 1. The molecular weight excluding hydrogens is 398 g/mol. The van der Waals surface area contributed by atoms with E-state index < -0.39 is 32.5 Å². The molecule has 29 heavy (non-hydrogen) atoms. The molecule has 0 unspecified atom stereocenters. The van der Waals surface area contributed by atoms with E-state index in [1.165, 1.54) is 37.9 Å². The summed E-state index contributed by atoms with van der Waals surface area (Å²) >= 11 is 0. The molecule has 0 aliphatic carbocycles. The molecule has 0 fully saturated rings. The zero-order chi connectivity index (χ0) is 21.8. The third-order valence-electron chi connectivity index (χ3n) is 4.11. The van der Waals surface area contributed by atoms with E-state index in [9.17, 15) is 28.1 Å². The van der Waals surface area contributed by atoms with Gasteiger partial charge in [0.2, 0.25) is 9.84 Å². The highest BCUT2D eigenvalue weighted by Crippen LogP contribution is 2.25. The van der Waals surface area contributed by atoms with Gasteiger partial charge in [0, 0.05) is 24.2 Å². The van der Waals surface area contributed by atoms with Crippen LogP contribution in [0.5, 0.6) is 0 Å². The van der Waals surface area contributed by atoms with Crippen molar-refractivity contribution >= 4 is 27.3 Å². The summed E-state index contributed by atoms with van der Waals surface area (Å²) in [6.07, 6.45) is 0. The molecule has 9 nitrogen and oxygen atoms in total. The van der Waals surface area contributed by atoms with Gasteiger partial charge in [-0.3, -0.25) is 19.7 Å². The van der Waals surface area contributed by atoms with E-state index in [4.69, 9.17) is 0 Å². The number of aryl methyl sites for hydroxylation is 2. The van der Waals surface area contributed by atoms with E-state index >= 15 is 0 Å². The number of rotatable bonds is 6. The minimum atomic E-state index is -4.12. The van der Waals surface area contributed by atoms with Crippen molar-refractivity contribution in [3.8, 4) is 0 Å². The predicted octanol–water partition coefficient (Wildman–Crippen LogP) is 1.91. The van der Waals surface area contributed by atoms with Gasteiger partial charge in [0.1, 0.15) is 0 Å². The SMILES string of the molecule is Cc1cc(NC(=O)C(=O)N(C)Cc2ccccc2)cc(C)c1S(=O)(=O)C[N+](=O)[O-]. The normalized spacial score (nSPS) is 11.0. The number of nitrogens with zero attached hydrogens (tertiary/aromatic N) is 2. The molecule has 2 aromatic carbocycles. The second kappa shape index (κ2) is 8.82. The summed E-state index contributed by atoms with van der Waals surface area (Å²) < 4.78 is 24.4. The zero-order valence-electron chi connectivity index (χ0n) is 16.2. The molecule has 0 radical (unpaired) electrons. The monoisotopic (exact) mass is 419 g/mol. The fraction of sp³-hybridized carbons (Fsp3) is 0.263. The first-order valence-electron chi connectivity index (χ1n) is 8.57. The first-order chi connectivity index (χ1) is 13.5. The van der Waals surface area contributed by atoms with Gasteiger partial charge in [-0.1, -0.05) is 30.3 Å². The molecule has 154 valence electrons. The molecule has 0 aromatic heterocycles. The fourth-order valence-corrected chi connectivity index (χ4v) is 4.51. The summed E-state index contributed by atoms with van der Waals surface area (Å²) in [6, 6.07) is 11.9. The minimum Gasteiger partial charge on any atom is -0.333 e. The Labute approximate surface area is 168 Å². The maximum absolute atomic E-state index is 12.3. The lowest BCUT2D eigenvalue weighted by molar-refractivity contribution is -0.458. The van der Waals surface area contributed by atoms with E-state index in [2.05, 4.69) is 5.32 Å². The van der Waals surface area contributed by atoms with Crippen molar-refractivity contribution in [3.05, 3.63) is 69.3 Å². The first kappa shape index (κ1) is 22.0. The fourth-order valence-electron chi connectivity index (χ4n) is 3.00. The van der Waals surface area contributed by atoms with E-state index in [0.717, 1.165) is 5.56 Å². The van der Waals surface area contributed by atoms with Crippen molar-refractivity contribution < 1.29 is 22.9 Å². The van der Waals surface area contributed by atoms with Gasteiger partial charge < -0.3 is 10.2 Å². The Kier molecular flexibility index (Phi) is 6.70. The number of likely N-dealkylation sites (N-methyl/N-ethyl adjacent to an activating group) is 1. The van der Waals surface area contributed by atoms with Crippen molar-refractivity contribution in [3.63, 3.8) is 0 Å². The van der Waals surface area contributed by atoms with Gasteiger partial charge in [0.25, 0.3) is 0 Å². The zero-order valence-corrected chi connectivity index (χ0v) is 17.0. The second-order valence-corrected chi connectivity index (χ2v) is 8.51. The van der Waals surface area contributed by atoms with Crippen LogP contribution >= 0.6 is 0 Å². The van der Waals surface area contributed by atoms with Crippen LogP contribution in [0.4, 0.5) is 5.69 Å². The highest BCUT2D eigenvalue weighted by molar-refractivity contribution is 7.91. The van der Waals surface area contributed by atoms with Crippen LogP contribution in [0, 0.1) is 24.0 Å². The van der Waals surface area contributed by atoms with Crippen molar-refractivity contribution in [2.75, 3.05) is 18.2 Å². The highest BCUT2D eigenvalue weighted by atomic mass is 32.2. The molecule has 0 saturated carbocycles. The van der Waals surface area contributed by atoms with Gasteiger partial charge in [-0.05, 0) is 42.7 Å². The summed E-state index contributed by atoms with van der Waals surface area (Å²) in [5.41, 5.74) is 1.58. The molecule has 2 rings (SSSR count). The van der Waals surface area contributed by atoms with Crippen molar-refractivity contribution in [2.45, 2.75) is 25.3 Å². The molecular formula is C19H21N3O6S. The first-order valence-corrected chi connectivity index (χ1v) is 10.2. The molecule has 1 N–H and O–H groups in total. The maximum Gasteiger partial charge on any atom is 0.313 e. The lowest BCUT2D eigenvalue weighted by atomic mass is 10.1. The molecule has 0 bridgehead atoms. The number of amides is 2. The molecule has 0 saturated heterocycles. The van der Waals surface area contributed by atoms with Crippen LogP contribution in [0.1, 0.15) is 16.7 Å². The Hall–Kier alpha value is -3.27. The Morgan fingerprint density at radius 1 is 1.10 bits per heavy atom. The minimum absolute atomic E-state index is 0.153. The Bertz CT molecular complexity index is 1030. The molecule has 0 aliphatic heterocycles. The standard InChI is InChI=1S/C19H21N3O6S/c1-13-9-16(10-14(2)17(13)29(27,28)12-22(25)26)20-18(23)19(24)21(3)11-15-7-5-4-6-8-15/h4-10H,11-12H2,1-3H3,(H,20,23). The van der Waals surface area contributed by atoms with Crippen LogP contribution in [-0.2, 0) is 26.0 Å². The van der Waals surface area contributed by atoms with Gasteiger partial charge >= 0.3 is 17.7 Å². The molecule has 0 atom stereocenters. The van der Waals surface area contributed by atoms with E-state index in [1.807, 2.05) is 30.3 Å². The summed E-state index contributed by atoms with van der Waals surface area (Å²) in [6.45, 7) is 3.20. The van der Waals surface area contributed by atoms with Gasteiger partial charge in [-0.15, -0.1) is 0 Å². The maximum atomic E-state index is 12.3. The lowest BCUT2D eigenvalue weighted by Crippen LogP contribution is -2.36. The third kappa shape index (κ3) is 5.61. The van der Waals surface area contributed by atoms with Crippen LogP contribution in [0.2, 0.25) is 0 Å². The van der Waals surface area contributed by atoms with Crippen LogP contribution in [-0.4, -0.2) is 43.0 Å². The van der Waals surface area contributed by atoms with Gasteiger partial charge in [-0.25, -0.2) is 8.42 Å². The quantitative estimate of drug-likeness (QED) is 0.433. The number of carbonyl (C=O) groups is 2. The van der Waals surface area contributed by atoms with E-state index in [1.54, 1.807) is 0 Å². The summed E-state index contributed by atoms with van der Waals surface area (Å²) in [4.78, 5) is 35.4. The van der Waals surface area contributed by atoms with Gasteiger partial charge in [-0.2, -0.15) is 0 Å². The lowest BCUT2D eigenvalue weighted by Gasteiger charge is -2.17. The van der Waals surface area contributed by atoms with E-state index in [-0.39, 0.29) is 28.3 Å². The predicted molar refractivity (Wildman–Crippen MR) is 107 cm³/mol. The van der Waals surface area contributed by atoms with Crippen LogP contribution in [0.25, 0.3) is 0 Å². The number of benzene rings is 2. The number of anilines is 1. The summed E-state index contributed by atoms with van der Waals surface area (Å²) in [5, 5.41) is 13.1. The Morgan fingerprint density at radius 3 is 2.17 bits per heavy atom. The third-order valence-corrected chi connectivity index (χ3v) is 5.92. The van der Waals surface area contributed by atoms with Gasteiger partial charge in [0.05, 0.1) is 4.90 Å². The average molecular weight is 419 g/mol. The van der Waals surface area contributed by atoms with Crippen LogP contribution in [0.15, 0.2) is 47.4 Å². The highest BCUT2D eigenvalue weighted by Gasteiger charge is 2.26. The van der Waals surface area contributed by atoms with Crippen molar-refractivity contribution in [1.82, 2.24) is 4.90 Å². The number of nitrogens with one attached hydrogen (secondary N) is 1. The molecule has 0 spiro atoms. The van der Waals surface area contributed by atoms with Crippen molar-refractivity contribution in [1.29, 1.82) is 0 Å². The van der Waals surface area contributed by atoms with Gasteiger partial charge in [0.15, 0.2) is 0 Å². The molecule has 0 heterocycles. The Morgan fingerprint density at radius 2 is 1.66 bits per heavy atom. The van der Waals surface area contributed by atoms with Crippen LogP contribution in [0.3, 0.4) is 0 Å². The summed E-state index contributed by atoms with van der Waals surface area (Å²) in [5.74, 6) is -2.85. The number of carbonyl (C=O) groups excluding carboxylic acids is 2. The molecule has 2 amide bonds. The second-order valence-electron chi connectivity index (χ2n) is 6.62. The number of nitro groups is 1. The van der Waals surface area contributed by atoms with Crippen molar-refractivity contribution in [2.24, 2.45) is 0 Å². The summed E-state index contributed by atoms with van der Waals surface area (Å²) in [7, 11) is -2.62.